The maximum Gasteiger partial charge on any atom is 0.251 e. The van der Waals surface area contributed by atoms with Crippen molar-refractivity contribution in [3.8, 4) is 0 Å². The Morgan fingerprint density at radius 3 is 2.44 bits per heavy atom. The number of nitrogens with zero attached hydrogens (tertiary/aromatic N) is 1. The number of aryl methyl sites for hydroxylation is 2. The number of anilines is 1. The van der Waals surface area contributed by atoms with Crippen LogP contribution in [0.25, 0.3) is 0 Å². The van der Waals surface area contributed by atoms with E-state index in [1.807, 2.05) is 50.2 Å². The van der Waals surface area contributed by atoms with E-state index in [0.29, 0.717) is 18.0 Å². The first-order valence-electron chi connectivity index (χ1n) is 9.44. The van der Waals surface area contributed by atoms with E-state index < -0.39 is 0 Å². The van der Waals surface area contributed by atoms with Crippen LogP contribution in [0.2, 0.25) is 0 Å². The third-order valence-electron chi connectivity index (χ3n) is 4.89. The molecule has 2 aromatic rings. The second-order valence-corrected chi connectivity index (χ2v) is 7.30. The van der Waals surface area contributed by atoms with Crippen molar-refractivity contribution >= 4 is 17.5 Å². The number of hydrogen-bond acceptors (Lipinski definition) is 3. The smallest absolute Gasteiger partial charge is 0.251 e. The average molecular weight is 365 g/mol. The van der Waals surface area contributed by atoms with Gasteiger partial charge in [-0.3, -0.25) is 9.59 Å². The summed E-state index contributed by atoms with van der Waals surface area (Å²) in [6.07, 6.45) is 1.06. The van der Waals surface area contributed by atoms with Crippen LogP contribution in [0.3, 0.4) is 0 Å². The third-order valence-corrected chi connectivity index (χ3v) is 4.89. The second kappa shape index (κ2) is 8.71. The van der Waals surface area contributed by atoms with E-state index in [0.717, 1.165) is 30.6 Å². The lowest BCUT2D eigenvalue weighted by molar-refractivity contribution is -0.120. The highest BCUT2D eigenvalue weighted by Crippen LogP contribution is 2.22. The van der Waals surface area contributed by atoms with Crippen molar-refractivity contribution in [3.63, 3.8) is 0 Å². The van der Waals surface area contributed by atoms with Crippen LogP contribution < -0.4 is 15.5 Å². The summed E-state index contributed by atoms with van der Waals surface area (Å²) < 4.78 is 0. The van der Waals surface area contributed by atoms with E-state index >= 15 is 0 Å². The molecule has 1 aliphatic rings. The highest BCUT2D eigenvalue weighted by atomic mass is 16.2. The van der Waals surface area contributed by atoms with Gasteiger partial charge in [0.2, 0.25) is 5.91 Å². The first-order valence-corrected chi connectivity index (χ1v) is 9.44. The first kappa shape index (κ1) is 19.0. The molecular formula is C22H27N3O2. The molecule has 5 nitrogen and oxygen atoms in total. The largest absolute Gasteiger partial charge is 0.371 e. The molecule has 142 valence electrons. The summed E-state index contributed by atoms with van der Waals surface area (Å²) in [6, 6.07) is 16.0. The normalized spacial score (nSPS) is 16.2. The summed E-state index contributed by atoms with van der Waals surface area (Å²) in [5, 5.41) is 5.65. The Labute approximate surface area is 160 Å². The molecule has 1 heterocycles. The van der Waals surface area contributed by atoms with E-state index in [1.54, 1.807) is 0 Å². The number of para-hydroxylation sites is 1. The zero-order valence-corrected chi connectivity index (χ0v) is 16.0. The van der Waals surface area contributed by atoms with Crippen LogP contribution in [0, 0.1) is 19.8 Å². The molecule has 2 aromatic carbocycles. The van der Waals surface area contributed by atoms with E-state index in [4.69, 9.17) is 0 Å². The Hall–Kier alpha value is -2.82. The Balaban J connectivity index is 1.40. The van der Waals surface area contributed by atoms with Gasteiger partial charge in [0.15, 0.2) is 0 Å². The number of carbonyl (C=O) groups excluding carboxylic acids is 2. The fraction of sp³-hybridized carbons (Fsp3) is 0.364. The summed E-state index contributed by atoms with van der Waals surface area (Å²) in [5.41, 5.74) is 3.89. The number of hydrogen-bond donors (Lipinski definition) is 2. The molecule has 0 unspecified atom stereocenters. The minimum absolute atomic E-state index is 0.000935. The molecule has 1 saturated heterocycles. The fourth-order valence-electron chi connectivity index (χ4n) is 3.56. The average Bonchev–Trinajstić information content (AvgIpc) is 3.13. The van der Waals surface area contributed by atoms with E-state index in [9.17, 15) is 9.59 Å². The fourth-order valence-corrected chi connectivity index (χ4v) is 3.56. The van der Waals surface area contributed by atoms with Crippen molar-refractivity contribution in [3.05, 3.63) is 65.2 Å². The number of amides is 2. The van der Waals surface area contributed by atoms with Crippen molar-refractivity contribution in [1.29, 1.82) is 0 Å². The van der Waals surface area contributed by atoms with E-state index in [1.165, 1.54) is 5.69 Å². The van der Waals surface area contributed by atoms with Crippen molar-refractivity contribution in [2.45, 2.75) is 20.3 Å². The van der Waals surface area contributed by atoms with Crippen molar-refractivity contribution in [1.82, 2.24) is 10.6 Å². The van der Waals surface area contributed by atoms with Crippen LogP contribution in [-0.2, 0) is 4.79 Å². The lowest BCUT2D eigenvalue weighted by atomic mass is 10.1. The topological polar surface area (TPSA) is 61.4 Å². The van der Waals surface area contributed by atoms with E-state index in [-0.39, 0.29) is 18.4 Å². The predicted molar refractivity (Wildman–Crippen MR) is 108 cm³/mol. The molecule has 27 heavy (non-hydrogen) atoms. The molecule has 2 N–H and O–H groups in total. The molecular weight excluding hydrogens is 338 g/mol. The zero-order chi connectivity index (χ0) is 19.2. The van der Waals surface area contributed by atoms with Gasteiger partial charge in [-0.2, -0.15) is 0 Å². The minimum Gasteiger partial charge on any atom is -0.371 e. The Morgan fingerprint density at radius 2 is 1.74 bits per heavy atom. The third kappa shape index (κ3) is 5.33. The van der Waals surface area contributed by atoms with Crippen LogP contribution in [0.4, 0.5) is 5.69 Å². The lowest BCUT2D eigenvalue weighted by Gasteiger charge is -2.18. The molecule has 0 saturated carbocycles. The monoisotopic (exact) mass is 365 g/mol. The SMILES string of the molecule is Cc1cc(C)cc(C(=O)NCC(=O)NC[C@@H]2CCN(c3ccccc3)C2)c1. The van der Waals surface area contributed by atoms with Gasteiger partial charge in [0.25, 0.3) is 5.91 Å². The van der Waals surface area contributed by atoms with Gasteiger partial charge in [-0.25, -0.2) is 0 Å². The number of carbonyl (C=O) groups is 2. The highest BCUT2D eigenvalue weighted by molar-refractivity contribution is 5.96. The highest BCUT2D eigenvalue weighted by Gasteiger charge is 2.23. The van der Waals surface area contributed by atoms with Gasteiger partial charge in [-0.15, -0.1) is 0 Å². The lowest BCUT2D eigenvalue weighted by Crippen LogP contribution is -2.39. The summed E-state index contributed by atoms with van der Waals surface area (Å²) in [7, 11) is 0. The predicted octanol–water partition coefficient (Wildman–Crippen LogP) is 2.68. The molecule has 1 atom stereocenters. The van der Waals surface area contributed by atoms with Crippen molar-refractivity contribution in [2.75, 3.05) is 31.1 Å². The van der Waals surface area contributed by atoms with Crippen LogP contribution in [0.15, 0.2) is 48.5 Å². The van der Waals surface area contributed by atoms with Gasteiger partial charge in [-0.1, -0.05) is 35.4 Å². The molecule has 0 aromatic heterocycles. The Morgan fingerprint density at radius 1 is 1.04 bits per heavy atom. The molecule has 0 aliphatic carbocycles. The van der Waals surface area contributed by atoms with Crippen LogP contribution in [0.5, 0.6) is 0 Å². The van der Waals surface area contributed by atoms with Crippen LogP contribution >= 0.6 is 0 Å². The quantitative estimate of drug-likeness (QED) is 0.827. The Bertz CT molecular complexity index is 784. The van der Waals surface area contributed by atoms with Gasteiger partial charge < -0.3 is 15.5 Å². The van der Waals surface area contributed by atoms with Gasteiger partial charge in [-0.05, 0) is 50.5 Å². The molecule has 1 fully saturated rings. The van der Waals surface area contributed by atoms with Crippen LogP contribution in [0.1, 0.15) is 27.9 Å². The van der Waals surface area contributed by atoms with Crippen molar-refractivity contribution in [2.24, 2.45) is 5.92 Å². The summed E-state index contributed by atoms with van der Waals surface area (Å²) in [5.74, 6) is 0.0724. The summed E-state index contributed by atoms with van der Waals surface area (Å²) in [6.45, 7) is 6.50. The summed E-state index contributed by atoms with van der Waals surface area (Å²) >= 11 is 0. The number of rotatable bonds is 6. The maximum atomic E-state index is 12.2. The van der Waals surface area contributed by atoms with Gasteiger partial charge in [0.05, 0.1) is 6.54 Å². The number of nitrogens with one attached hydrogen (secondary N) is 2. The Kier molecular flexibility index (Phi) is 6.12. The molecule has 1 aliphatic heterocycles. The molecule has 3 rings (SSSR count). The maximum absolute atomic E-state index is 12.2. The standard InChI is InChI=1S/C22H27N3O2/c1-16-10-17(2)12-19(11-16)22(27)24-14-21(26)23-13-18-8-9-25(15-18)20-6-4-3-5-7-20/h3-7,10-12,18H,8-9,13-15H2,1-2H3,(H,23,26)(H,24,27)/t18-/m0/s1. The molecule has 0 bridgehead atoms. The van der Waals surface area contributed by atoms with E-state index in [2.05, 4.69) is 27.7 Å². The second-order valence-electron chi connectivity index (χ2n) is 7.30. The minimum atomic E-state index is -0.215. The molecule has 5 heteroatoms. The molecule has 2 amide bonds. The molecule has 0 spiro atoms. The number of benzene rings is 2. The van der Waals surface area contributed by atoms with Crippen molar-refractivity contribution < 1.29 is 9.59 Å². The van der Waals surface area contributed by atoms with Crippen LogP contribution in [-0.4, -0.2) is 38.0 Å². The van der Waals surface area contributed by atoms with Gasteiger partial charge in [0.1, 0.15) is 0 Å². The summed E-state index contributed by atoms with van der Waals surface area (Å²) in [4.78, 5) is 26.6. The molecule has 0 radical (unpaired) electrons. The zero-order valence-electron chi connectivity index (χ0n) is 16.0. The first-order chi connectivity index (χ1) is 13.0. The van der Waals surface area contributed by atoms with Gasteiger partial charge >= 0.3 is 0 Å². The van der Waals surface area contributed by atoms with Gasteiger partial charge in [0, 0.05) is 30.9 Å².